The van der Waals surface area contributed by atoms with Crippen molar-refractivity contribution in [3.63, 3.8) is 0 Å². The first kappa shape index (κ1) is 26.2. The molecule has 15 heteroatoms. The number of urea groups is 1. The largest absolute Gasteiger partial charge is 0.494 e. The van der Waals surface area contributed by atoms with Gasteiger partial charge in [-0.2, -0.15) is 0 Å². The minimum atomic E-state index is -4.00. The SMILES string of the molecule is CCOc1cc(-c2c(F)cc(F)cc2F)c2c(N3CC[C@H]4N(C[C@@H](NS(C)(=O)=O)C4(F)F)C3=O)noc2c1. The molecule has 1 N–H and O–H groups in total. The van der Waals surface area contributed by atoms with Crippen LogP contribution in [0.2, 0.25) is 0 Å². The summed E-state index contributed by atoms with van der Waals surface area (Å²) in [5.41, 5.74) is -0.812. The lowest BCUT2D eigenvalue weighted by molar-refractivity contribution is -0.0448. The van der Waals surface area contributed by atoms with Crippen molar-refractivity contribution in [3.05, 3.63) is 41.7 Å². The summed E-state index contributed by atoms with van der Waals surface area (Å²) in [5.74, 6) is -7.20. The summed E-state index contributed by atoms with van der Waals surface area (Å²) < 4.78 is 109. The zero-order valence-electron chi connectivity index (χ0n) is 20.0. The predicted octanol–water partition coefficient (Wildman–Crippen LogP) is 3.88. The summed E-state index contributed by atoms with van der Waals surface area (Å²) in [5, 5.41) is 3.87. The Morgan fingerprint density at radius 1 is 1.18 bits per heavy atom. The van der Waals surface area contributed by atoms with Crippen LogP contribution in [0.4, 0.5) is 32.6 Å². The number of amides is 2. The highest BCUT2D eigenvalue weighted by Crippen LogP contribution is 2.44. The zero-order chi connectivity index (χ0) is 27.6. The fourth-order valence-corrected chi connectivity index (χ4v) is 5.73. The maximum Gasteiger partial charge on any atom is 0.326 e. The van der Waals surface area contributed by atoms with Crippen LogP contribution in [-0.4, -0.2) is 68.5 Å². The molecule has 5 rings (SSSR count). The molecule has 0 unspecified atom stereocenters. The van der Waals surface area contributed by atoms with Gasteiger partial charge >= 0.3 is 6.03 Å². The molecule has 2 fully saturated rings. The molecule has 3 heterocycles. The van der Waals surface area contributed by atoms with Gasteiger partial charge in [-0.15, -0.1) is 0 Å². The second kappa shape index (κ2) is 9.08. The fraction of sp³-hybridized carbons (Fsp3) is 0.391. The zero-order valence-corrected chi connectivity index (χ0v) is 20.8. The average molecular weight is 561 g/mol. The quantitative estimate of drug-likeness (QED) is 0.459. The van der Waals surface area contributed by atoms with E-state index in [1.807, 2.05) is 4.72 Å². The van der Waals surface area contributed by atoms with Crippen LogP contribution < -0.4 is 14.4 Å². The second-order valence-corrected chi connectivity index (χ2v) is 10.8. The molecule has 0 radical (unpaired) electrons. The van der Waals surface area contributed by atoms with Gasteiger partial charge in [0.25, 0.3) is 5.92 Å². The van der Waals surface area contributed by atoms with Gasteiger partial charge in [-0.3, -0.25) is 4.90 Å². The van der Waals surface area contributed by atoms with Crippen LogP contribution in [0.5, 0.6) is 5.75 Å². The molecule has 2 aliphatic heterocycles. The Bertz CT molecular complexity index is 1520. The van der Waals surface area contributed by atoms with Crippen LogP contribution in [0, 0.1) is 17.5 Å². The number of hydrogen-bond donors (Lipinski definition) is 1. The van der Waals surface area contributed by atoms with E-state index in [1.54, 1.807) is 6.92 Å². The third-order valence-electron chi connectivity index (χ3n) is 6.50. The number of halogens is 5. The fourth-order valence-electron chi connectivity index (χ4n) is 4.98. The maximum absolute atomic E-state index is 15.0. The molecular weight excluding hydrogens is 539 g/mol. The number of anilines is 1. The van der Waals surface area contributed by atoms with Crippen LogP contribution in [0.3, 0.4) is 0 Å². The summed E-state index contributed by atoms with van der Waals surface area (Å²) >= 11 is 0. The van der Waals surface area contributed by atoms with Crippen molar-refractivity contribution in [1.29, 1.82) is 0 Å². The highest BCUT2D eigenvalue weighted by Gasteiger charge is 2.60. The average Bonchev–Trinajstić information content (AvgIpc) is 3.32. The summed E-state index contributed by atoms with van der Waals surface area (Å²) in [7, 11) is -4.00. The van der Waals surface area contributed by atoms with Gasteiger partial charge in [0.05, 0.1) is 23.8 Å². The van der Waals surface area contributed by atoms with Crippen molar-refractivity contribution in [3.8, 4) is 16.9 Å². The molecule has 2 aliphatic rings. The number of benzene rings is 2. The third-order valence-corrected chi connectivity index (χ3v) is 7.21. The van der Waals surface area contributed by atoms with Gasteiger partial charge in [0, 0.05) is 36.9 Å². The lowest BCUT2D eigenvalue weighted by Crippen LogP contribution is -2.56. The standard InChI is InChI=1S/C23H21F5N4O5S/c1-3-36-12-8-13(19-14(25)6-11(24)7-15(19)26)20-16(9-12)37-29-21(20)31-5-4-18-23(27,28)17(30-38(2,34)35)10-32(18)22(31)33/h6-9,17-18,30H,3-5,10H2,1-2H3/t17-,18-/m1/s1. The Labute approximate surface area is 213 Å². The monoisotopic (exact) mass is 560 g/mol. The number of carbonyl (C=O) groups is 1. The molecule has 1 aromatic heterocycles. The molecule has 38 heavy (non-hydrogen) atoms. The van der Waals surface area contributed by atoms with Crippen LogP contribution in [0.1, 0.15) is 13.3 Å². The highest BCUT2D eigenvalue weighted by atomic mass is 32.2. The van der Waals surface area contributed by atoms with E-state index in [1.165, 1.54) is 12.1 Å². The molecule has 2 saturated heterocycles. The van der Waals surface area contributed by atoms with Crippen LogP contribution >= 0.6 is 0 Å². The maximum atomic E-state index is 15.0. The van der Waals surface area contributed by atoms with E-state index in [0.29, 0.717) is 12.1 Å². The van der Waals surface area contributed by atoms with E-state index in [0.717, 1.165) is 16.1 Å². The Morgan fingerprint density at radius 2 is 1.87 bits per heavy atom. The van der Waals surface area contributed by atoms with Crippen molar-refractivity contribution in [2.24, 2.45) is 0 Å². The summed E-state index contributed by atoms with van der Waals surface area (Å²) in [6, 6.07) is -0.712. The molecule has 0 aliphatic carbocycles. The van der Waals surface area contributed by atoms with E-state index in [-0.39, 0.29) is 47.7 Å². The van der Waals surface area contributed by atoms with E-state index in [4.69, 9.17) is 9.26 Å². The Balaban J connectivity index is 1.61. The molecule has 0 bridgehead atoms. The normalized spacial score (nSPS) is 21.3. The molecule has 3 aromatic rings. The molecular formula is C23H21F5N4O5S. The van der Waals surface area contributed by atoms with Crippen LogP contribution in [0.15, 0.2) is 28.8 Å². The number of fused-ring (bicyclic) bond motifs is 2. The van der Waals surface area contributed by atoms with Gasteiger partial charge in [-0.1, -0.05) is 5.16 Å². The van der Waals surface area contributed by atoms with E-state index < -0.39 is 63.6 Å². The molecule has 2 amide bonds. The molecule has 9 nitrogen and oxygen atoms in total. The van der Waals surface area contributed by atoms with Gasteiger partial charge in [0.1, 0.15) is 35.3 Å². The van der Waals surface area contributed by atoms with Crippen molar-refractivity contribution in [2.75, 3.05) is 30.9 Å². The molecule has 0 spiro atoms. The third kappa shape index (κ3) is 4.32. The Hall–Kier alpha value is -3.46. The lowest BCUT2D eigenvalue weighted by Gasteiger charge is -2.37. The Kier molecular flexibility index (Phi) is 6.25. The summed E-state index contributed by atoms with van der Waals surface area (Å²) in [4.78, 5) is 15.2. The van der Waals surface area contributed by atoms with Gasteiger partial charge in [0.2, 0.25) is 10.0 Å². The number of nitrogens with one attached hydrogen (secondary N) is 1. The van der Waals surface area contributed by atoms with Crippen molar-refractivity contribution in [2.45, 2.75) is 31.4 Å². The van der Waals surface area contributed by atoms with Gasteiger partial charge in [0.15, 0.2) is 11.4 Å². The summed E-state index contributed by atoms with van der Waals surface area (Å²) in [6.45, 7) is 0.982. The van der Waals surface area contributed by atoms with Crippen molar-refractivity contribution >= 4 is 32.8 Å². The van der Waals surface area contributed by atoms with E-state index in [2.05, 4.69) is 5.16 Å². The summed E-state index contributed by atoms with van der Waals surface area (Å²) in [6.07, 6.45) is 0.475. The number of alkyl halides is 2. The number of carbonyl (C=O) groups excluding carboxylic acids is 1. The number of ether oxygens (including phenoxy) is 1. The minimum absolute atomic E-state index is 0.0256. The first-order chi connectivity index (χ1) is 17.8. The van der Waals surface area contributed by atoms with E-state index >= 15 is 0 Å². The highest BCUT2D eigenvalue weighted by molar-refractivity contribution is 7.88. The topological polar surface area (TPSA) is 105 Å². The molecule has 0 saturated carbocycles. The lowest BCUT2D eigenvalue weighted by atomic mass is 9.99. The van der Waals surface area contributed by atoms with Crippen molar-refractivity contribution in [1.82, 2.24) is 14.8 Å². The first-order valence-corrected chi connectivity index (χ1v) is 13.3. The number of hydrogen-bond acceptors (Lipinski definition) is 6. The minimum Gasteiger partial charge on any atom is -0.494 e. The first-order valence-electron chi connectivity index (χ1n) is 11.5. The van der Waals surface area contributed by atoms with Crippen LogP contribution in [0.25, 0.3) is 22.1 Å². The smallest absolute Gasteiger partial charge is 0.326 e. The number of aromatic nitrogens is 1. The van der Waals surface area contributed by atoms with E-state index in [9.17, 15) is 35.2 Å². The number of rotatable bonds is 6. The second-order valence-electron chi connectivity index (χ2n) is 9.04. The molecule has 204 valence electrons. The molecule has 2 atom stereocenters. The van der Waals surface area contributed by atoms with Gasteiger partial charge in [-0.05, 0) is 19.4 Å². The number of sulfonamides is 1. The molecule has 2 aromatic carbocycles. The van der Waals surface area contributed by atoms with Crippen molar-refractivity contribution < 1.29 is 44.4 Å². The van der Waals surface area contributed by atoms with Crippen LogP contribution in [-0.2, 0) is 10.0 Å². The predicted molar refractivity (Wildman–Crippen MR) is 125 cm³/mol. The number of nitrogens with zero attached hydrogens (tertiary/aromatic N) is 3. The van der Waals surface area contributed by atoms with Gasteiger partial charge < -0.3 is 14.2 Å². The van der Waals surface area contributed by atoms with Gasteiger partial charge in [-0.25, -0.2) is 39.9 Å². The Morgan fingerprint density at radius 3 is 2.50 bits per heavy atom.